The fourth-order valence-electron chi connectivity index (χ4n) is 7.59. The lowest BCUT2D eigenvalue weighted by atomic mass is 10.1. The quantitative estimate of drug-likeness (QED) is 0.0844. The van der Waals surface area contributed by atoms with E-state index in [1.165, 1.54) is 23.3 Å². The molecule has 5 heterocycles. The van der Waals surface area contributed by atoms with Crippen molar-refractivity contribution in [2.24, 2.45) is 0 Å². The maximum absolute atomic E-state index is 12.8. The molecule has 9 rings (SSSR count). The number of hydrogen-bond donors (Lipinski definition) is 0. The van der Waals surface area contributed by atoms with Crippen LogP contribution in [0.2, 0.25) is 5.02 Å². The van der Waals surface area contributed by atoms with E-state index in [4.69, 9.17) is 63.7 Å². The molecule has 9 aromatic rings. The summed E-state index contributed by atoms with van der Waals surface area (Å²) in [6.07, 6.45) is 1.93. The molecule has 0 aliphatic carbocycles. The van der Waals surface area contributed by atoms with Crippen molar-refractivity contribution in [3.8, 4) is 64.0 Å². The highest BCUT2D eigenvalue weighted by Gasteiger charge is 2.05. The van der Waals surface area contributed by atoms with E-state index in [1.54, 1.807) is 79.0 Å². The Bertz CT molecular complexity index is 3410. The van der Waals surface area contributed by atoms with Crippen LogP contribution in [0.5, 0.6) is 64.0 Å². The van der Waals surface area contributed by atoms with E-state index in [2.05, 4.69) is 47.8 Å². The number of aryl methyl sites for hydroxylation is 10. The van der Waals surface area contributed by atoms with Gasteiger partial charge in [-0.25, -0.2) is 28.7 Å². The van der Waals surface area contributed by atoms with E-state index in [-0.39, 0.29) is 17.7 Å². The number of hydrogen-bond acceptors (Lipinski definition) is 16. The normalized spacial score (nSPS) is 9.64. The topological polar surface area (TPSA) is 166 Å². The van der Waals surface area contributed by atoms with Crippen LogP contribution < -0.4 is 52.1 Å². The molecule has 97 heavy (non-hydrogen) atoms. The lowest BCUT2D eigenvalue weighted by Crippen LogP contribution is -2.06. The van der Waals surface area contributed by atoms with Crippen molar-refractivity contribution in [2.75, 3.05) is 68.6 Å². The molecule has 0 amide bonds. The van der Waals surface area contributed by atoms with E-state index in [9.17, 15) is 8.78 Å². The van der Waals surface area contributed by atoms with Gasteiger partial charge in [-0.3, -0.25) is 0 Å². The van der Waals surface area contributed by atoms with Gasteiger partial charge in [0.05, 0.1) is 84.2 Å². The summed E-state index contributed by atoms with van der Waals surface area (Å²) in [7, 11) is 7.99. The third-order valence-electron chi connectivity index (χ3n) is 12.0. The average molecular weight is 1430 g/mol. The zero-order valence-electron chi connectivity index (χ0n) is 60.7. The van der Waals surface area contributed by atoms with Crippen molar-refractivity contribution in [1.82, 2.24) is 24.9 Å². The molecule has 0 unspecified atom stereocenters. The molecular weight excluding hydrogens is 1320 g/mol. The Morgan fingerprint density at radius 2 is 0.825 bits per heavy atom. The molecule has 0 spiro atoms. The van der Waals surface area contributed by atoms with Gasteiger partial charge in [0.1, 0.15) is 28.8 Å². The molecule has 0 saturated carbocycles. The lowest BCUT2D eigenvalue weighted by Gasteiger charge is -2.07. The van der Waals surface area contributed by atoms with Crippen LogP contribution in [0.4, 0.5) is 8.78 Å². The molecule has 0 atom stereocenters. The zero-order chi connectivity index (χ0) is 72.8. The monoisotopic (exact) mass is 1420 g/mol. The second-order valence-corrected chi connectivity index (χ2v) is 22.3. The van der Waals surface area contributed by atoms with Crippen LogP contribution in [0.25, 0.3) is 0 Å². The Balaban J connectivity index is 0.000000546. The van der Waals surface area contributed by atoms with E-state index in [0.29, 0.717) is 79.1 Å². The minimum atomic E-state index is -0.294. The summed E-state index contributed by atoms with van der Waals surface area (Å²) in [6.45, 7) is 36.2. The van der Waals surface area contributed by atoms with Crippen LogP contribution in [0.1, 0.15) is 104 Å². The molecule has 0 radical (unpaired) electrons. The van der Waals surface area contributed by atoms with Crippen molar-refractivity contribution in [1.29, 1.82) is 0 Å². The van der Waals surface area contributed by atoms with Crippen LogP contribution in [0, 0.1) is 80.9 Å². The number of rotatable bonds is 17. The fourth-order valence-corrected chi connectivity index (χ4v) is 8.13. The van der Waals surface area contributed by atoms with Crippen LogP contribution in [0.3, 0.4) is 0 Å². The van der Waals surface area contributed by atoms with Gasteiger partial charge in [0.25, 0.3) is 0 Å². The maximum atomic E-state index is 12.8. The van der Waals surface area contributed by atoms with Gasteiger partial charge in [0.2, 0.25) is 35.3 Å². The molecule has 0 aliphatic rings. The first-order valence-electron chi connectivity index (χ1n) is 31.5. The molecule has 0 fully saturated rings. The Labute approximate surface area is 589 Å². The fraction of sp³-hybridized carbons (Fsp3) is 0.364. The molecule has 0 bridgehead atoms. The average Bonchev–Trinajstić information content (AvgIpc) is 1.35. The first-order valence-corrected chi connectivity index (χ1v) is 32.7. The predicted molar refractivity (Wildman–Crippen MR) is 391 cm³/mol. The molecular formula is C77H101BrClF2N5O11. The third kappa shape index (κ3) is 38.4. The molecule has 0 N–H and O–H groups in total. The number of ether oxygens (including phenoxy) is 11. The summed E-state index contributed by atoms with van der Waals surface area (Å²) in [5.74, 6) is 6.98. The lowest BCUT2D eigenvalue weighted by molar-refractivity contribution is 0.232. The SMILES string of the molecule is CCOc1cc(C)ccc1Br.CCOc1cc(C)ccc1Cl.CCOc1cc(C)ccc1F.CCOc1cc(C)nc(OCC)c1.COc1cc(C)cc(OC)n1.COc1cc(C)ccn1.COc1cc(C)nc(OC)c1.Cc1ccc(F)c(C)c1.Cc1cccc(OC(C)C)n1. The first-order chi connectivity index (χ1) is 46.2. The molecule has 16 nitrogen and oxygen atoms in total. The van der Waals surface area contributed by atoms with Crippen molar-refractivity contribution in [3.05, 3.63) is 223 Å². The van der Waals surface area contributed by atoms with Crippen LogP contribution in [-0.4, -0.2) is 99.6 Å². The second-order valence-electron chi connectivity index (χ2n) is 21.1. The van der Waals surface area contributed by atoms with Gasteiger partial charge in [0, 0.05) is 71.8 Å². The molecule has 20 heteroatoms. The Morgan fingerprint density at radius 1 is 0.381 bits per heavy atom. The summed E-state index contributed by atoms with van der Waals surface area (Å²) in [4.78, 5) is 20.5. The standard InChI is InChI=1S/C10H15NO2.C9H11BrO.C9H11ClO.C9H11FO.C9H13NO.C8H9F.2C8H11NO2.C7H9NO/c1-4-12-9-6-8(3)11-10(7-9)13-5-2;3*1-3-11-9-6-7(2)4-5-8(9)10;1-7(2)11-9-6-4-5-8(3)10-9;1-6-3-4-8(9)7(2)5-6;1-6-4-7(10-2)5-8(9-6)11-3;1-6-4-7(10-2)9-8(5-6)11-3;1-6-3-4-8-7(5-6)9-2/h6-7H,4-5H2,1-3H3;3*4-6H,3H2,1-2H3;4-7H,1-3H3;3-5H,1-2H3;2*4-5H,1-3H3;3-5H,1-2H3. The second kappa shape index (κ2) is 49.6. The van der Waals surface area contributed by atoms with Gasteiger partial charge >= 0.3 is 0 Å². The van der Waals surface area contributed by atoms with Gasteiger partial charge in [-0.2, -0.15) is 4.98 Å². The van der Waals surface area contributed by atoms with Gasteiger partial charge in [-0.15, -0.1) is 0 Å². The summed E-state index contributed by atoms with van der Waals surface area (Å²) >= 11 is 9.26. The van der Waals surface area contributed by atoms with E-state index in [1.807, 2.05) is 201 Å². The first kappa shape index (κ1) is 86.1. The Morgan fingerprint density at radius 3 is 1.33 bits per heavy atom. The number of pyridine rings is 5. The smallest absolute Gasteiger partial charge is 0.217 e. The van der Waals surface area contributed by atoms with Crippen LogP contribution in [0.15, 0.2) is 150 Å². The third-order valence-corrected chi connectivity index (χ3v) is 13.0. The summed E-state index contributed by atoms with van der Waals surface area (Å²) in [6, 6.07) is 42.3. The highest BCUT2D eigenvalue weighted by molar-refractivity contribution is 9.10. The van der Waals surface area contributed by atoms with Crippen LogP contribution in [-0.2, 0) is 0 Å². The molecule has 4 aromatic carbocycles. The van der Waals surface area contributed by atoms with Gasteiger partial charge < -0.3 is 52.1 Å². The van der Waals surface area contributed by atoms with Gasteiger partial charge in [0.15, 0.2) is 11.6 Å². The number of methoxy groups -OCH3 is 5. The van der Waals surface area contributed by atoms with Crippen molar-refractivity contribution in [3.63, 3.8) is 0 Å². The van der Waals surface area contributed by atoms with E-state index >= 15 is 0 Å². The van der Waals surface area contributed by atoms with Crippen molar-refractivity contribution < 1.29 is 60.9 Å². The highest BCUT2D eigenvalue weighted by atomic mass is 79.9. The van der Waals surface area contributed by atoms with Gasteiger partial charge in [-0.1, -0.05) is 53.6 Å². The predicted octanol–water partition coefficient (Wildman–Crippen LogP) is 19.8. The number of aromatic nitrogens is 5. The Hall–Kier alpha value is -8.94. The number of benzene rings is 4. The zero-order valence-corrected chi connectivity index (χ0v) is 63.0. The summed E-state index contributed by atoms with van der Waals surface area (Å²) < 4.78 is 82.8. The molecule has 5 aromatic heterocycles. The van der Waals surface area contributed by atoms with Crippen molar-refractivity contribution in [2.45, 2.75) is 124 Å². The minimum absolute atomic E-state index is 0.124. The van der Waals surface area contributed by atoms with E-state index in [0.717, 1.165) is 72.4 Å². The largest absolute Gasteiger partial charge is 0.496 e. The number of nitrogens with zero attached hydrogens (tertiary/aromatic N) is 5. The molecule has 0 aliphatic heterocycles. The Kier molecular flexibility index (Phi) is 44.0. The number of halogens is 4. The van der Waals surface area contributed by atoms with Crippen LogP contribution >= 0.6 is 27.5 Å². The molecule has 0 saturated heterocycles. The summed E-state index contributed by atoms with van der Waals surface area (Å²) in [5.41, 5.74) is 10.3. The van der Waals surface area contributed by atoms with Gasteiger partial charge in [-0.05, 0) is 222 Å². The minimum Gasteiger partial charge on any atom is -0.496 e. The summed E-state index contributed by atoms with van der Waals surface area (Å²) in [5, 5.41) is 0.678. The highest BCUT2D eigenvalue weighted by Crippen LogP contribution is 2.27. The maximum Gasteiger partial charge on any atom is 0.217 e. The van der Waals surface area contributed by atoms with E-state index < -0.39 is 0 Å². The van der Waals surface area contributed by atoms with Crippen molar-refractivity contribution >= 4 is 27.5 Å². The molecule has 528 valence electrons.